The van der Waals surface area contributed by atoms with Crippen molar-refractivity contribution in [3.63, 3.8) is 0 Å². The Hall–Kier alpha value is -3.47. The zero-order valence-corrected chi connectivity index (χ0v) is 22.8. The summed E-state index contributed by atoms with van der Waals surface area (Å²) in [5.41, 5.74) is 6.56. The average Bonchev–Trinajstić information content (AvgIpc) is 3.37. The molecule has 4 aromatic carbocycles. The molecule has 6 rings (SSSR count). The summed E-state index contributed by atoms with van der Waals surface area (Å²) in [7, 11) is 0. The van der Waals surface area contributed by atoms with Crippen LogP contribution in [0.15, 0.2) is 97.1 Å². The van der Waals surface area contributed by atoms with Crippen molar-refractivity contribution in [2.45, 2.75) is 44.3 Å². The number of rotatable bonds is 6. The quantitative estimate of drug-likeness (QED) is 0.259. The Kier molecular flexibility index (Phi) is 7.24. The SMILES string of the molecule is C[C@H]1CN(CC(=O)N(Cc2ccccc2F)C2Cc3ccccc3C2)[C@@H](c2ccccc2Cl)c2ccccc21. The lowest BCUT2D eigenvalue weighted by atomic mass is 9.83. The van der Waals surface area contributed by atoms with Crippen LogP contribution in [0.25, 0.3) is 0 Å². The Balaban J connectivity index is 1.34. The van der Waals surface area contributed by atoms with Crippen LogP contribution in [0.5, 0.6) is 0 Å². The molecule has 0 N–H and O–H groups in total. The second-order valence-corrected chi connectivity index (χ2v) is 11.2. The maximum atomic E-state index is 14.8. The number of amides is 1. The molecule has 2 atom stereocenters. The average molecular weight is 539 g/mol. The van der Waals surface area contributed by atoms with Crippen LogP contribution in [-0.4, -0.2) is 34.8 Å². The predicted octanol–water partition coefficient (Wildman–Crippen LogP) is 7.18. The van der Waals surface area contributed by atoms with E-state index in [0.29, 0.717) is 10.6 Å². The minimum absolute atomic E-state index is 0.0113. The van der Waals surface area contributed by atoms with Gasteiger partial charge >= 0.3 is 0 Å². The van der Waals surface area contributed by atoms with E-state index in [2.05, 4.69) is 54.3 Å². The highest BCUT2D eigenvalue weighted by atomic mass is 35.5. The first-order valence-corrected chi connectivity index (χ1v) is 14.0. The van der Waals surface area contributed by atoms with Gasteiger partial charge in [-0.25, -0.2) is 4.39 Å². The highest BCUT2D eigenvalue weighted by molar-refractivity contribution is 6.31. The molecule has 39 heavy (non-hydrogen) atoms. The molecule has 1 amide bonds. The summed E-state index contributed by atoms with van der Waals surface area (Å²) in [6.07, 6.45) is 1.56. The van der Waals surface area contributed by atoms with Crippen LogP contribution in [0.2, 0.25) is 5.02 Å². The standard InChI is InChI=1S/C34H32ClFN2O/c1-23-20-37(34(29-14-6-5-13-28(23)29)30-15-7-8-16-31(30)35)22-33(39)38(21-26-12-4-9-17-32(26)36)27-18-24-10-2-3-11-25(24)19-27/h2-17,23,27,34H,18-22H2,1H3/t23-,34+/m0/s1. The van der Waals surface area contributed by atoms with Crippen LogP contribution < -0.4 is 0 Å². The van der Waals surface area contributed by atoms with Crippen molar-refractivity contribution < 1.29 is 9.18 Å². The predicted molar refractivity (Wildman–Crippen MR) is 154 cm³/mol. The lowest BCUT2D eigenvalue weighted by Crippen LogP contribution is -2.48. The smallest absolute Gasteiger partial charge is 0.237 e. The number of halogens is 2. The number of benzene rings is 4. The molecule has 1 aliphatic heterocycles. The molecule has 4 aromatic rings. The van der Waals surface area contributed by atoms with Crippen molar-refractivity contribution in [2.24, 2.45) is 0 Å². The molecule has 0 spiro atoms. The molecule has 0 aromatic heterocycles. The molecule has 5 heteroatoms. The van der Waals surface area contributed by atoms with Crippen LogP contribution in [0, 0.1) is 5.82 Å². The number of carbonyl (C=O) groups excluding carboxylic acids is 1. The van der Waals surface area contributed by atoms with Gasteiger partial charge in [-0.3, -0.25) is 9.69 Å². The summed E-state index contributed by atoms with van der Waals surface area (Å²) in [5, 5.41) is 0.693. The topological polar surface area (TPSA) is 23.6 Å². The van der Waals surface area contributed by atoms with Crippen molar-refractivity contribution in [3.8, 4) is 0 Å². The van der Waals surface area contributed by atoms with Gasteiger partial charge in [0.1, 0.15) is 5.82 Å². The van der Waals surface area contributed by atoms with E-state index in [1.807, 2.05) is 41.3 Å². The van der Waals surface area contributed by atoms with Gasteiger partial charge in [-0.15, -0.1) is 0 Å². The van der Waals surface area contributed by atoms with Crippen molar-refractivity contribution in [1.82, 2.24) is 9.80 Å². The lowest BCUT2D eigenvalue weighted by Gasteiger charge is -2.42. The van der Waals surface area contributed by atoms with Crippen molar-refractivity contribution >= 4 is 17.5 Å². The zero-order valence-electron chi connectivity index (χ0n) is 22.1. The van der Waals surface area contributed by atoms with E-state index in [0.717, 1.165) is 24.9 Å². The van der Waals surface area contributed by atoms with E-state index in [9.17, 15) is 9.18 Å². The summed E-state index contributed by atoms with van der Waals surface area (Å²) < 4.78 is 14.8. The van der Waals surface area contributed by atoms with Crippen molar-refractivity contribution in [2.75, 3.05) is 13.1 Å². The van der Waals surface area contributed by atoms with Crippen molar-refractivity contribution in [3.05, 3.63) is 141 Å². The molecule has 0 radical (unpaired) electrons. The molecule has 1 heterocycles. The monoisotopic (exact) mass is 538 g/mol. The highest BCUT2D eigenvalue weighted by Gasteiger charge is 2.37. The summed E-state index contributed by atoms with van der Waals surface area (Å²) >= 11 is 6.74. The summed E-state index contributed by atoms with van der Waals surface area (Å²) in [6, 6.07) is 31.4. The largest absolute Gasteiger partial charge is 0.333 e. The minimum Gasteiger partial charge on any atom is -0.333 e. The molecule has 198 valence electrons. The first-order chi connectivity index (χ1) is 19.0. The van der Waals surface area contributed by atoms with Gasteiger partial charge in [-0.2, -0.15) is 0 Å². The number of hydrogen-bond acceptors (Lipinski definition) is 2. The van der Waals surface area contributed by atoms with Gasteiger partial charge in [0.05, 0.1) is 12.6 Å². The van der Waals surface area contributed by atoms with Gasteiger partial charge < -0.3 is 4.90 Å². The van der Waals surface area contributed by atoms with E-state index in [1.165, 1.54) is 28.3 Å². The number of nitrogens with zero attached hydrogens (tertiary/aromatic N) is 2. The molecule has 2 aliphatic rings. The van der Waals surface area contributed by atoms with Crippen molar-refractivity contribution in [1.29, 1.82) is 0 Å². The minimum atomic E-state index is -0.278. The van der Waals surface area contributed by atoms with E-state index in [1.54, 1.807) is 12.1 Å². The molecule has 0 fully saturated rings. The van der Waals surface area contributed by atoms with Gasteiger partial charge in [0.2, 0.25) is 5.91 Å². The number of carbonyl (C=O) groups is 1. The van der Waals surface area contributed by atoms with Crippen LogP contribution in [0.1, 0.15) is 52.3 Å². The molecule has 0 saturated carbocycles. The Labute approximate surface area is 234 Å². The second kappa shape index (κ2) is 11.0. The number of fused-ring (bicyclic) bond motifs is 2. The molecule has 1 aliphatic carbocycles. The van der Waals surface area contributed by atoms with Gasteiger partial charge in [0.25, 0.3) is 0 Å². The van der Waals surface area contributed by atoms with Gasteiger partial charge in [-0.1, -0.05) is 103 Å². The first kappa shape index (κ1) is 25.8. The second-order valence-electron chi connectivity index (χ2n) is 10.8. The Bertz CT molecular complexity index is 1480. The van der Waals surface area contributed by atoms with Crippen LogP contribution in [-0.2, 0) is 24.2 Å². The molecule has 3 nitrogen and oxygen atoms in total. The third kappa shape index (κ3) is 5.11. The summed E-state index contributed by atoms with van der Waals surface area (Å²) in [4.78, 5) is 18.4. The van der Waals surface area contributed by atoms with E-state index in [4.69, 9.17) is 11.6 Å². The Morgan fingerprint density at radius 3 is 2.13 bits per heavy atom. The Morgan fingerprint density at radius 1 is 0.846 bits per heavy atom. The van der Waals surface area contributed by atoms with Gasteiger partial charge in [-0.05, 0) is 58.7 Å². The van der Waals surface area contributed by atoms with Crippen LogP contribution >= 0.6 is 11.6 Å². The first-order valence-electron chi connectivity index (χ1n) is 13.7. The van der Waals surface area contributed by atoms with E-state index >= 15 is 0 Å². The van der Waals surface area contributed by atoms with Gasteiger partial charge in [0.15, 0.2) is 0 Å². The highest BCUT2D eigenvalue weighted by Crippen LogP contribution is 2.42. The van der Waals surface area contributed by atoms with E-state index in [-0.39, 0.29) is 42.8 Å². The molecule has 0 bridgehead atoms. The van der Waals surface area contributed by atoms with Crippen LogP contribution in [0.3, 0.4) is 0 Å². The number of hydrogen-bond donors (Lipinski definition) is 0. The summed E-state index contributed by atoms with van der Waals surface area (Å²) in [5.74, 6) is 0.00321. The fourth-order valence-corrected chi connectivity index (χ4v) is 6.67. The maximum Gasteiger partial charge on any atom is 0.237 e. The Morgan fingerprint density at radius 2 is 1.44 bits per heavy atom. The van der Waals surface area contributed by atoms with E-state index < -0.39 is 0 Å². The van der Waals surface area contributed by atoms with Gasteiger partial charge in [0, 0.05) is 29.7 Å². The molecular formula is C34H32ClFN2O. The zero-order chi connectivity index (χ0) is 26.9. The maximum absolute atomic E-state index is 14.8. The molecular weight excluding hydrogens is 507 g/mol. The van der Waals surface area contributed by atoms with Crippen LogP contribution in [0.4, 0.5) is 4.39 Å². The fraction of sp³-hybridized carbons (Fsp3) is 0.265. The fourth-order valence-electron chi connectivity index (χ4n) is 6.43. The third-order valence-corrected chi connectivity index (χ3v) is 8.67. The lowest BCUT2D eigenvalue weighted by molar-refractivity contribution is -0.136. The molecule has 0 saturated heterocycles. The third-order valence-electron chi connectivity index (χ3n) is 8.32. The molecule has 0 unspecified atom stereocenters. The normalized spacial score (nSPS) is 18.9. The summed E-state index contributed by atoms with van der Waals surface area (Å²) in [6.45, 7) is 3.43.